The van der Waals surface area contributed by atoms with Gasteiger partial charge in [0.05, 0.1) is 5.69 Å². The van der Waals surface area contributed by atoms with Crippen LogP contribution in [0, 0.1) is 0 Å². The fourth-order valence-electron chi connectivity index (χ4n) is 1.66. The summed E-state index contributed by atoms with van der Waals surface area (Å²) in [6.07, 6.45) is 5.53. The Hall–Kier alpha value is -1.39. The van der Waals surface area contributed by atoms with Crippen molar-refractivity contribution in [1.82, 2.24) is 15.3 Å². The average Bonchev–Trinajstić information content (AvgIpc) is 2.41. The molecule has 0 fully saturated rings. The van der Waals surface area contributed by atoms with Gasteiger partial charge in [-0.15, -0.1) is 0 Å². The highest BCUT2D eigenvalue weighted by molar-refractivity contribution is 7.99. The molecule has 2 heterocycles. The number of hydrogen-bond acceptors (Lipinski definition) is 4. The van der Waals surface area contributed by atoms with Crippen LogP contribution in [-0.2, 0) is 0 Å². The fraction of sp³-hybridized carbons (Fsp3) is 0.286. The average molecular weight is 259 g/mol. The number of nitrogens with one attached hydrogen (secondary N) is 1. The summed E-state index contributed by atoms with van der Waals surface area (Å²) >= 11 is 1.70. The molecule has 94 valence electrons. The zero-order valence-corrected chi connectivity index (χ0v) is 11.4. The van der Waals surface area contributed by atoms with E-state index in [1.54, 1.807) is 24.2 Å². The van der Waals surface area contributed by atoms with Gasteiger partial charge in [0.2, 0.25) is 0 Å². The van der Waals surface area contributed by atoms with Crippen LogP contribution in [0.1, 0.15) is 25.6 Å². The van der Waals surface area contributed by atoms with E-state index in [4.69, 9.17) is 0 Å². The molecule has 0 bridgehead atoms. The molecule has 0 saturated carbocycles. The maximum absolute atomic E-state index is 4.49. The minimum Gasteiger partial charge on any atom is -0.309 e. The zero-order valence-electron chi connectivity index (χ0n) is 10.6. The van der Waals surface area contributed by atoms with Crippen molar-refractivity contribution in [2.45, 2.75) is 29.7 Å². The summed E-state index contributed by atoms with van der Waals surface area (Å²) in [4.78, 5) is 10.8. The molecule has 0 aliphatic rings. The summed E-state index contributed by atoms with van der Waals surface area (Å²) in [6.45, 7) is 5.18. The first-order chi connectivity index (χ1) is 8.79. The third-order valence-electron chi connectivity index (χ3n) is 2.60. The molecule has 0 aliphatic heterocycles. The highest BCUT2D eigenvalue weighted by atomic mass is 32.2. The molecule has 3 nitrogen and oxygen atoms in total. The highest BCUT2D eigenvalue weighted by Gasteiger charge is 2.05. The molecule has 18 heavy (non-hydrogen) atoms. The number of rotatable bonds is 5. The van der Waals surface area contributed by atoms with Crippen LogP contribution in [0.5, 0.6) is 0 Å². The van der Waals surface area contributed by atoms with Crippen LogP contribution >= 0.6 is 11.8 Å². The van der Waals surface area contributed by atoms with Crippen LogP contribution in [0.25, 0.3) is 0 Å². The van der Waals surface area contributed by atoms with E-state index in [0.29, 0.717) is 6.04 Å². The lowest BCUT2D eigenvalue weighted by molar-refractivity contribution is 0.582. The van der Waals surface area contributed by atoms with E-state index in [2.05, 4.69) is 41.3 Å². The summed E-state index contributed by atoms with van der Waals surface area (Å²) in [6, 6.07) is 8.49. The van der Waals surface area contributed by atoms with E-state index in [9.17, 15) is 0 Å². The van der Waals surface area contributed by atoms with Gasteiger partial charge in [-0.05, 0) is 37.7 Å². The quantitative estimate of drug-likeness (QED) is 0.894. The first kappa shape index (κ1) is 13.1. The van der Waals surface area contributed by atoms with Gasteiger partial charge in [0.15, 0.2) is 0 Å². The second-order valence-corrected chi connectivity index (χ2v) is 5.13. The van der Waals surface area contributed by atoms with Crippen molar-refractivity contribution in [3.63, 3.8) is 0 Å². The molecule has 2 aromatic rings. The van der Waals surface area contributed by atoms with Crippen molar-refractivity contribution < 1.29 is 0 Å². The monoisotopic (exact) mass is 259 g/mol. The summed E-state index contributed by atoms with van der Waals surface area (Å²) < 4.78 is 0. The number of nitrogens with zero attached hydrogens (tertiary/aromatic N) is 2. The van der Waals surface area contributed by atoms with Crippen LogP contribution in [0.4, 0.5) is 0 Å². The lowest BCUT2D eigenvalue weighted by atomic mass is 10.2. The second-order valence-electron chi connectivity index (χ2n) is 3.98. The smallest absolute Gasteiger partial charge is 0.0571 e. The van der Waals surface area contributed by atoms with Gasteiger partial charge < -0.3 is 5.32 Å². The molecule has 0 aromatic carbocycles. The van der Waals surface area contributed by atoms with Crippen LogP contribution in [0.15, 0.2) is 52.6 Å². The Balaban J connectivity index is 2.04. The SMILES string of the molecule is CCNC(C)c1ccc(Sc2ccncc2)cn1. The molecule has 0 amide bonds. The first-order valence-electron chi connectivity index (χ1n) is 6.07. The molecule has 1 atom stereocenters. The van der Waals surface area contributed by atoms with Crippen molar-refractivity contribution in [3.05, 3.63) is 48.5 Å². The van der Waals surface area contributed by atoms with E-state index in [-0.39, 0.29) is 0 Å². The molecular weight excluding hydrogens is 242 g/mol. The van der Waals surface area contributed by atoms with Crippen molar-refractivity contribution >= 4 is 11.8 Å². The Labute approximate surface area is 112 Å². The topological polar surface area (TPSA) is 37.8 Å². The molecule has 0 radical (unpaired) electrons. The Bertz CT molecular complexity index is 470. The van der Waals surface area contributed by atoms with E-state index < -0.39 is 0 Å². The minimum atomic E-state index is 0.301. The maximum Gasteiger partial charge on any atom is 0.0571 e. The molecule has 0 spiro atoms. The predicted molar refractivity (Wildman–Crippen MR) is 74.7 cm³/mol. The molecular formula is C14H17N3S. The van der Waals surface area contributed by atoms with Crippen LogP contribution < -0.4 is 5.32 Å². The lowest BCUT2D eigenvalue weighted by Crippen LogP contribution is -2.18. The van der Waals surface area contributed by atoms with Crippen molar-refractivity contribution in [1.29, 1.82) is 0 Å². The van der Waals surface area contributed by atoms with E-state index >= 15 is 0 Å². The number of pyridine rings is 2. The van der Waals surface area contributed by atoms with E-state index in [0.717, 1.165) is 17.1 Å². The summed E-state index contributed by atoms with van der Waals surface area (Å²) in [5.41, 5.74) is 1.08. The second kappa shape index (κ2) is 6.52. The summed E-state index contributed by atoms with van der Waals surface area (Å²) in [5, 5.41) is 3.35. The van der Waals surface area contributed by atoms with Gasteiger partial charge in [0, 0.05) is 34.4 Å². The lowest BCUT2D eigenvalue weighted by Gasteiger charge is -2.11. The Morgan fingerprint density at radius 2 is 1.94 bits per heavy atom. The van der Waals surface area contributed by atoms with Gasteiger partial charge in [0.25, 0.3) is 0 Å². The number of aromatic nitrogens is 2. The predicted octanol–water partition coefficient (Wildman–Crippen LogP) is 3.30. The van der Waals surface area contributed by atoms with Gasteiger partial charge in [-0.25, -0.2) is 0 Å². The van der Waals surface area contributed by atoms with Gasteiger partial charge >= 0.3 is 0 Å². The molecule has 2 rings (SSSR count). The third-order valence-corrected chi connectivity index (χ3v) is 3.58. The number of hydrogen-bond donors (Lipinski definition) is 1. The van der Waals surface area contributed by atoms with Gasteiger partial charge in [-0.1, -0.05) is 18.7 Å². The van der Waals surface area contributed by atoms with Crippen molar-refractivity contribution in [2.24, 2.45) is 0 Å². The molecule has 4 heteroatoms. The molecule has 1 unspecified atom stereocenters. The summed E-state index contributed by atoms with van der Waals surface area (Å²) in [5.74, 6) is 0. The van der Waals surface area contributed by atoms with Crippen LogP contribution in [0.3, 0.4) is 0 Å². The standard InChI is InChI=1S/C14H17N3S/c1-3-16-11(2)14-5-4-13(10-17-14)18-12-6-8-15-9-7-12/h4-11,16H,3H2,1-2H3. The van der Waals surface area contributed by atoms with Crippen LogP contribution in [-0.4, -0.2) is 16.5 Å². The van der Waals surface area contributed by atoms with Gasteiger partial charge in [-0.3, -0.25) is 9.97 Å². The molecule has 0 aliphatic carbocycles. The Morgan fingerprint density at radius 1 is 1.17 bits per heavy atom. The Morgan fingerprint density at radius 3 is 2.56 bits per heavy atom. The maximum atomic E-state index is 4.49. The van der Waals surface area contributed by atoms with Crippen molar-refractivity contribution in [3.8, 4) is 0 Å². The largest absolute Gasteiger partial charge is 0.309 e. The highest BCUT2D eigenvalue weighted by Crippen LogP contribution is 2.26. The first-order valence-corrected chi connectivity index (χ1v) is 6.88. The van der Waals surface area contributed by atoms with E-state index in [1.165, 1.54) is 4.90 Å². The molecule has 2 aromatic heterocycles. The Kier molecular flexibility index (Phi) is 4.73. The third kappa shape index (κ3) is 3.55. The summed E-state index contributed by atoms with van der Waals surface area (Å²) in [7, 11) is 0. The fourth-order valence-corrected chi connectivity index (χ4v) is 2.43. The molecule has 1 N–H and O–H groups in total. The van der Waals surface area contributed by atoms with Crippen LogP contribution in [0.2, 0.25) is 0 Å². The van der Waals surface area contributed by atoms with Gasteiger partial charge in [-0.2, -0.15) is 0 Å². The normalized spacial score (nSPS) is 12.3. The zero-order chi connectivity index (χ0) is 12.8. The minimum absolute atomic E-state index is 0.301. The van der Waals surface area contributed by atoms with Crippen molar-refractivity contribution in [2.75, 3.05) is 6.54 Å². The molecule has 0 saturated heterocycles. The van der Waals surface area contributed by atoms with Gasteiger partial charge in [0.1, 0.15) is 0 Å². The van der Waals surface area contributed by atoms with E-state index in [1.807, 2.05) is 18.3 Å².